The number of amides is 1. The first-order valence-electron chi connectivity index (χ1n) is 7.64. The van der Waals surface area contributed by atoms with Crippen LogP contribution in [0.5, 0.6) is 0 Å². The molecule has 1 fully saturated rings. The van der Waals surface area contributed by atoms with Crippen LogP contribution >= 0.6 is 0 Å². The summed E-state index contributed by atoms with van der Waals surface area (Å²) in [4.78, 5) is 18.8. The van der Waals surface area contributed by atoms with E-state index in [1.165, 1.54) is 12.8 Å². The van der Waals surface area contributed by atoms with Crippen molar-refractivity contribution in [3.8, 4) is 0 Å². The largest absolute Gasteiger partial charge is 0.341 e. The van der Waals surface area contributed by atoms with E-state index in [1.54, 1.807) is 6.20 Å². The molecule has 0 aromatic carbocycles. The number of carbonyl (C=O) groups excluding carboxylic acids is 1. The zero-order valence-electron chi connectivity index (χ0n) is 12.5. The van der Waals surface area contributed by atoms with E-state index in [0.29, 0.717) is 0 Å². The van der Waals surface area contributed by atoms with Crippen LogP contribution in [0.15, 0.2) is 24.4 Å². The fourth-order valence-electron chi connectivity index (χ4n) is 2.73. The van der Waals surface area contributed by atoms with Gasteiger partial charge in [0.2, 0.25) is 5.91 Å². The molecule has 0 bridgehead atoms. The number of nitrogens with zero attached hydrogens (tertiary/aromatic N) is 2. The average molecular weight is 275 g/mol. The number of hydrogen-bond acceptors (Lipinski definition) is 3. The standard InChI is InChI=1S/C16H25N3O/c1-13(15-9-5-6-10-17-15)18-14(2)16(20)19-11-7-3-4-8-12-19/h5-6,9-10,13-14,18H,3-4,7-8,11-12H2,1-2H3/t13-,14?/m0/s1. The van der Waals surface area contributed by atoms with Gasteiger partial charge in [-0.2, -0.15) is 0 Å². The third-order valence-electron chi connectivity index (χ3n) is 3.92. The minimum Gasteiger partial charge on any atom is -0.341 e. The summed E-state index contributed by atoms with van der Waals surface area (Å²) in [6, 6.07) is 5.79. The Hall–Kier alpha value is -1.42. The van der Waals surface area contributed by atoms with Crippen molar-refractivity contribution in [3.63, 3.8) is 0 Å². The zero-order valence-corrected chi connectivity index (χ0v) is 12.5. The first kappa shape index (κ1) is 15.0. The van der Waals surface area contributed by atoms with Gasteiger partial charge in [-0.15, -0.1) is 0 Å². The molecule has 0 aliphatic carbocycles. The van der Waals surface area contributed by atoms with Crippen molar-refractivity contribution < 1.29 is 4.79 Å². The van der Waals surface area contributed by atoms with Crippen molar-refractivity contribution >= 4 is 5.91 Å². The van der Waals surface area contributed by atoms with Gasteiger partial charge in [-0.3, -0.25) is 15.1 Å². The molecular formula is C16H25N3O. The number of likely N-dealkylation sites (tertiary alicyclic amines) is 1. The van der Waals surface area contributed by atoms with Gasteiger partial charge in [-0.25, -0.2) is 0 Å². The van der Waals surface area contributed by atoms with Crippen molar-refractivity contribution in [2.75, 3.05) is 13.1 Å². The summed E-state index contributed by atoms with van der Waals surface area (Å²) in [6.45, 7) is 5.81. The number of aromatic nitrogens is 1. The molecule has 1 aromatic rings. The molecule has 1 amide bonds. The fourth-order valence-corrected chi connectivity index (χ4v) is 2.73. The summed E-state index contributed by atoms with van der Waals surface area (Å²) in [5, 5.41) is 3.36. The third kappa shape index (κ3) is 4.04. The second-order valence-corrected chi connectivity index (χ2v) is 5.60. The Morgan fingerprint density at radius 2 is 1.90 bits per heavy atom. The van der Waals surface area contributed by atoms with Crippen LogP contribution in [0, 0.1) is 0 Å². The Kier molecular flexibility index (Phi) is 5.53. The Balaban J connectivity index is 1.90. The number of pyridine rings is 1. The lowest BCUT2D eigenvalue weighted by atomic mass is 10.1. The Labute approximate surface area is 121 Å². The van der Waals surface area contributed by atoms with Gasteiger partial charge in [0, 0.05) is 25.3 Å². The maximum atomic E-state index is 12.5. The fraction of sp³-hybridized carbons (Fsp3) is 0.625. The molecule has 1 N–H and O–H groups in total. The maximum Gasteiger partial charge on any atom is 0.239 e. The average Bonchev–Trinajstić information content (AvgIpc) is 2.76. The van der Waals surface area contributed by atoms with E-state index in [2.05, 4.69) is 17.2 Å². The molecule has 1 aliphatic heterocycles. The summed E-state index contributed by atoms with van der Waals surface area (Å²) >= 11 is 0. The Bertz CT molecular complexity index is 413. The van der Waals surface area contributed by atoms with Crippen LogP contribution in [0.4, 0.5) is 0 Å². The molecule has 1 unspecified atom stereocenters. The summed E-state index contributed by atoms with van der Waals surface area (Å²) in [6.07, 6.45) is 6.54. The molecule has 2 rings (SSSR count). The minimum atomic E-state index is -0.162. The number of rotatable bonds is 4. The van der Waals surface area contributed by atoms with Crippen LogP contribution < -0.4 is 5.32 Å². The van der Waals surface area contributed by atoms with E-state index < -0.39 is 0 Å². The van der Waals surface area contributed by atoms with Crippen molar-refractivity contribution in [2.24, 2.45) is 0 Å². The second kappa shape index (κ2) is 7.39. The molecule has 0 spiro atoms. The van der Waals surface area contributed by atoms with Crippen LogP contribution in [0.25, 0.3) is 0 Å². The monoisotopic (exact) mass is 275 g/mol. The molecule has 1 saturated heterocycles. The first-order valence-corrected chi connectivity index (χ1v) is 7.64. The van der Waals surface area contributed by atoms with Gasteiger partial charge in [0.05, 0.1) is 11.7 Å². The van der Waals surface area contributed by atoms with E-state index >= 15 is 0 Å². The molecule has 2 heterocycles. The molecule has 0 radical (unpaired) electrons. The molecule has 2 atom stereocenters. The second-order valence-electron chi connectivity index (χ2n) is 5.60. The SMILES string of the molecule is CC(N[C@@H](C)c1ccccn1)C(=O)N1CCCCCC1. The van der Waals surface area contributed by atoms with E-state index in [-0.39, 0.29) is 18.0 Å². The summed E-state index contributed by atoms with van der Waals surface area (Å²) < 4.78 is 0. The predicted octanol–water partition coefficient (Wildman–Crippen LogP) is 2.52. The van der Waals surface area contributed by atoms with Gasteiger partial charge in [0.15, 0.2) is 0 Å². The maximum absolute atomic E-state index is 12.5. The quantitative estimate of drug-likeness (QED) is 0.918. The molecule has 110 valence electrons. The molecule has 20 heavy (non-hydrogen) atoms. The summed E-state index contributed by atoms with van der Waals surface area (Å²) in [7, 11) is 0. The van der Waals surface area contributed by atoms with Crippen LogP contribution in [-0.4, -0.2) is 34.9 Å². The number of hydrogen-bond donors (Lipinski definition) is 1. The number of nitrogens with one attached hydrogen (secondary N) is 1. The molecule has 4 nitrogen and oxygen atoms in total. The highest BCUT2D eigenvalue weighted by atomic mass is 16.2. The van der Waals surface area contributed by atoms with E-state index in [0.717, 1.165) is 31.6 Å². The van der Waals surface area contributed by atoms with Crippen LogP contribution in [0.3, 0.4) is 0 Å². The van der Waals surface area contributed by atoms with Crippen molar-refractivity contribution in [3.05, 3.63) is 30.1 Å². The van der Waals surface area contributed by atoms with Gasteiger partial charge in [-0.1, -0.05) is 18.9 Å². The predicted molar refractivity (Wildman–Crippen MR) is 80.3 cm³/mol. The molecule has 0 saturated carbocycles. The van der Waals surface area contributed by atoms with Crippen LogP contribution in [-0.2, 0) is 4.79 Å². The molecule has 4 heteroatoms. The lowest BCUT2D eigenvalue weighted by Crippen LogP contribution is -2.46. The van der Waals surface area contributed by atoms with Crippen LogP contribution in [0.2, 0.25) is 0 Å². The normalized spacial score (nSPS) is 19.2. The highest BCUT2D eigenvalue weighted by molar-refractivity contribution is 5.81. The summed E-state index contributed by atoms with van der Waals surface area (Å²) in [5.74, 6) is 0.217. The highest BCUT2D eigenvalue weighted by Crippen LogP contribution is 2.13. The van der Waals surface area contributed by atoms with E-state index in [9.17, 15) is 4.79 Å². The van der Waals surface area contributed by atoms with Crippen molar-refractivity contribution in [1.82, 2.24) is 15.2 Å². The van der Waals surface area contributed by atoms with Crippen molar-refractivity contribution in [1.29, 1.82) is 0 Å². The minimum absolute atomic E-state index is 0.0853. The van der Waals surface area contributed by atoms with Crippen LogP contribution in [0.1, 0.15) is 51.3 Å². The topological polar surface area (TPSA) is 45.2 Å². The lowest BCUT2D eigenvalue weighted by Gasteiger charge is -2.26. The third-order valence-corrected chi connectivity index (χ3v) is 3.92. The first-order chi connectivity index (χ1) is 9.68. The molecule has 1 aliphatic rings. The smallest absolute Gasteiger partial charge is 0.239 e. The van der Waals surface area contributed by atoms with Gasteiger partial charge in [0.1, 0.15) is 0 Å². The van der Waals surface area contributed by atoms with Gasteiger partial charge in [0.25, 0.3) is 0 Å². The van der Waals surface area contributed by atoms with Crippen molar-refractivity contribution in [2.45, 2.75) is 51.6 Å². The Morgan fingerprint density at radius 3 is 2.50 bits per heavy atom. The van der Waals surface area contributed by atoms with E-state index in [1.807, 2.05) is 30.0 Å². The highest BCUT2D eigenvalue weighted by Gasteiger charge is 2.22. The zero-order chi connectivity index (χ0) is 14.4. The molecule has 1 aromatic heterocycles. The summed E-state index contributed by atoms with van der Waals surface area (Å²) in [5.41, 5.74) is 0.975. The van der Waals surface area contributed by atoms with Gasteiger partial charge >= 0.3 is 0 Å². The molecular weight excluding hydrogens is 250 g/mol. The number of carbonyl (C=O) groups is 1. The Morgan fingerprint density at radius 1 is 1.20 bits per heavy atom. The van der Waals surface area contributed by atoms with E-state index in [4.69, 9.17) is 0 Å². The lowest BCUT2D eigenvalue weighted by molar-refractivity contribution is -0.133. The van der Waals surface area contributed by atoms with Gasteiger partial charge < -0.3 is 4.90 Å². The van der Waals surface area contributed by atoms with Gasteiger partial charge in [-0.05, 0) is 38.8 Å².